The van der Waals surface area contributed by atoms with Crippen LogP contribution in [-0.4, -0.2) is 70.0 Å². The zero-order valence-corrected chi connectivity index (χ0v) is 21.9. The molecule has 3 atom stereocenters. The first-order valence-corrected chi connectivity index (χ1v) is 12.4. The fourth-order valence-electron chi connectivity index (χ4n) is 4.47. The number of carbonyl (C=O) groups excluding carboxylic acids is 2. The summed E-state index contributed by atoms with van der Waals surface area (Å²) in [7, 11) is 3.23. The standard InChI is InChI=1S/C25H41ClN4O4/c1-25(2,3)15-21(16-27-4)29-23(31)30-12-7-9-19(17-30)22(18-8-6-10-20(26)14-18)34-13-11-28-24(32)33-5/h6,8,10,14,19,21-22,27H,7,9,11-13,15-17H2,1-5H3,(H,28,32)(H,29,31)/t19-,21+,22+/m1/s1. The molecule has 0 bridgehead atoms. The van der Waals surface area contributed by atoms with Crippen molar-refractivity contribution in [2.24, 2.45) is 11.3 Å². The van der Waals surface area contributed by atoms with Gasteiger partial charge in [-0.15, -0.1) is 0 Å². The lowest BCUT2D eigenvalue weighted by molar-refractivity contribution is -0.00866. The van der Waals surface area contributed by atoms with E-state index in [0.29, 0.717) is 24.7 Å². The van der Waals surface area contributed by atoms with Crippen molar-refractivity contribution in [1.82, 2.24) is 20.9 Å². The molecule has 1 aromatic rings. The number of urea groups is 1. The van der Waals surface area contributed by atoms with Gasteiger partial charge in [-0.3, -0.25) is 0 Å². The molecule has 1 aliphatic heterocycles. The number of likely N-dealkylation sites (tertiary alicyclic amines) is 1. The summed E-state index contributed by atoms with van der Waals surface area (Å²) in [6.07, 6.45) is 1.99. The van der Waals surface area contributed by atoms with Gasteiger partial charge in [0.05, 0.1) is 19.8 Å². The average molecular weight is 497 g/mol. The number of nitrogens with zero attached hydrogens (tertiary/aromatic N) is 1. The van der Waals surface area contributed by atoms with Crippen molar-refractivity contribution < 1.29 is 19.1 Å². The van der Waals surface area contributed by atoms with E-state index in [2.05, 4.69) is 41.5 Å². The van der Waals surface area contributed by atoms with Gasteiger partial charge in [0, 0.05) is 43.2 Å². The van der Waals surface area contributed by atoms with Gasteiger partial charge in [-0.2, -0.15) is 0 Å². The molecule has 34 heavy (non-hydrogen) atoms. The van der Waals surface area contributed by atoms with Crippen molar-refractivity contribution in [1.29, 1.82) is 0 Å². The molecule has 1 heterocycles. The highest BCUT2D eigenvalue weighted by Gasteiger charge is 2.32. The molecular weight excluding hydrogens is 456 g/mol. The smallest absolute Gasteiger partial charge is 0.406 e. The molecule has 8 nitrogen and oxygen atoms in total. The van der Waals surface area contributed by atoms with Gasteiger partial charge in [0.15, 0.2) is 0 Å². The molecule has 9 heteroatoms. The molecule has 3 amide bonds. The molecule has 2 rings (SSSR count). The van der Waals surface area contributed by atoms with E-state index in [9.17, 15) is 9.59 Å². The van der Waals surface area contributed by atoms with Crippen LogP contribution < -0.4 is 16.0 Å². The number of rotatable bonds is 10. The van der Waals surface area contributed by atoms with E-state index in [0.717, 1.165) is 37.9 Å². The monoisotopic (exact) mass is 496 g/mol. The number of piperidine rings is 1. The van der Waals surface area contributed by atoms with Gasteiger partial charge in [0.1, 0.15) is 0 Å². The Kier molecular flexibility index (Phi) is 11.4. The molecule has 192 valence electrons. The van der Waals surface area contributed by atoms with Crippen molar-refractivity contribution in [3.05, 3.63) is 34.9 Å². The topological polar surface area (TPSA) is 91.9 Å². The van der Waals surface area contributed by atoms with Crippen LogP contribution in [0.25, 0.3) is 0 Å². The molecule has 1 aliphatic rings. The summed E-state index contributed by atoms with van der Waals surface area (Å²) in [5, 5.41) is 9.69. The minimum absolute atomic E-state index is 0.0357. The molecule has 0 aromatic heterocycles. The number of carbonyl (C=O) groups is 2. The molecule has 0 unspecified atom stereocenters. The molecule has 0 aliphatic carbocycles. The number of nitrogens with one attached hydrogen (secondary N) is 3. The first kappa shape index (κ1) is 28.2. The fraction of sp³-hybridized carbons (Fsp3) is 0.680. The number of ether oxygens (including phenoxy) is 2. The molecular formula is C25H41ClN4O4. The summed E-state index contributed by atoms with van der Waals surface area (Å²) in [6.45, 7) is 9.24. The molecule has 1 aromatic carbocycles. The van der Waals surface area contributed by atoms with E-state index >= 15 is 0 Å². The van der Waals surface area contributed by atoms with Crippen LogP contribution in [0.1, 0.15) is 51.7 Å². The van der Waals surface area contributed by atoms with Crippen LogP contribution in [0.5, 0.6) is 0 Å². The second kappa shape index (κ2) is 13.8. The maximum Gasteiger partial charge on any atom is 0.406 e. The highest BCUT2D eigenvalue weighted by molar-refractivity contribution is 6.30. The van der Waals surface area contributed by atoms with Crippen LogP contribution in [0.3, 0.4) is 0 Å². The number of methoxy groups -OCH3 is 1. The predicted octanol–water partition coefficient (Wildman–Crippen LogP) is 4.20. The van der Waals surface area contributed by atoms with Crippen LogP contribution in [0, 0.1) is 11.3 Å². The summed E-state index contributed by atoms with van der Waals surface area (Å²) in [6, 6.07) is 7.66. The molecule has 1 fully saturated rings. The van der Waals surface area contributed by atoms with Crippen LogP contribution in [-0.2, 0) is 9.47 Å². The van der Waals surface area contributed by atoms with Crippen molar-refractivity contribution >= 4 is 23.7 Å². The Hall–Kier alpha value is -2.03. The van der Waals surface area contributed by atoms with Gasteiger partial charge in [-0.1, -0.05) is 44.5 Å². The van der Waals surface area contributed by atoms with Crippen LogP contribution in [0.15, 0.2) is 24.3 Å². The maximum absolute atomic E-state index is 13.2. The second-order valence-electron chi connectivity index (χ2n) is 10.1. The Balaban J connectivity index is 2.07. The van der Waals surface area contributed by atoms with E-state index in [1.54, 1.807) is 0 Å². The first-order valence-electron chi connectivity index (χ1n) is 12.0. The summed E-state index contributed by atoms with van der Waals surface area (Å²) in [4.78, 5) is 26.4. The second-order valence-corrected chi connectivity index (χ2v) is 10.5. The molecule has 0 spiro atoms. The highest BCUT2D eigenvalue weighted by atomic mass is 35.5. The van der Waals surface area contributed by atoms with Gasteiger partial charge in [0.2, 0.25) is 0 Å². The third-order valence-corrected chi connectivity index (χ3v) is 6.08. The first-order chi connectivity index (χ1) is 16.1. The predicted molar refractivity (Wildman–Crippen MR) is 135 cm³/mol. The number of halogens is 1. The highest BCUT2D eigenvalue weighted by Crippen LogP contribution is 2.34. The zero-order chi connectivity index (χ0) is 25.1. The Bertz CT molecular complexity index is 786. The minimum atomic E-state index is -0.491. The Morgan fingerprint density at radius 2 is 2.06 bits per heavy atom. The summed E-state index contributed by atoms with van der Waals surface area (Å²) >= 11 is 6.26. The van der Waals surface area contributed by atoms with Crippen molar-refractivity contribution in [3.8, 4) is 0 Å². The summed E-state index contributed by atoms with van der Waals surface area (Å²) < 4.78 is 10.8. The lowest BCUT2D eigenvalue weighted by Gasteiger charge is -2.38. The van der Waals surface area contributed by atoms with Crippen LogP contribution in [0.2, 0.25) is 5.02 Å². The van der Waals surface area contributed by atoms with E-state index < -0.39 is 6.09 Å². The summed E-state index contributed by atoms with van der Waals surface area (Å²) in [5.74, 6) is 0.112. The van der Waals surface area contributed by atoms with E-state index in [-0.39, 0.29) is 29.5 Å². The van der Waals surface area contributed by atoms with Gasteiger partial charge >= 0.3 is 12.1 Å². The van der Waals surface area contributed by atoms with E-state index in [1.807, 2.05) is 36.2 Å². The largest absolute Gasteiger partial charge is 0.453 e. The average Bonchev–Trinajstić information content (AvgIpc) is 2.78. The Morgan fingerprint density at radius 3 is 2.71 bits per heavy atom. The van der Waals surface area contributed by atoms with Crippen LogP contribution in [0.4, 0.5) is 9.59 Å². The molecule has 3 N–H and O–H groups in total. The third-order valence-electron chi connectivity index (χ3n) is 5.84. The third kappa shape index (κ3) is 9.68. The van der Waals surface area contributed by atoms with E-state index in [1.165, 1.54) is 7.11 Å². The number of hydrogen-bond acceptors (Lipinski definition) is 5. The van der Waals surface area contributed by atoms with Crippen molar-refractivity contribution in [2.75, 3.05) is 46.9 Å². The molecule has 0 saturated carbocycles. The fourth-order valence-corrected chi connectivity index (χ4v) is 4.67. The van der Waals surface area contributed by atoms with Gasteiger partial charge < -0.3 is 30.3 Å². The summed E-state index contributed by atoms with van der Waals surface area (Å²) in [5.41, 5.74) is 1.09. The van der Waals surface area contributed by atoms with Crippen LogP contribution >= 0.6 is 11.6 Å². The number of likely N-dealkylation sites (N-methyl/N-ethyl adjacent to an activating group) is 1. The molecule has 1 saturated heterocycles. The maximum atomic E-state index is 13.2. The van der Waals surface area contributed by atoms with Crippen molar-refractivity contribution in [3.63, 3.8) is 0 Å². The number of benzene rings is 1. The minimum Gasteiger partial charge on any atom is -0.453 e. The van der Waals surface area contributed by atoms with Gasteiger partial charge in [-0.05, 0) is 49.4 Å². The lowest BCUT2D eigenvalue weighted by Crippen LogP contribution is -2.52. The van der Waals surface area contributed by atoms with E-state index in [4.69, 9.17) is 16.3 Å². The molecule has 0 radical (unpaired) electrons. The zero-order valence-electron chi connectivity index (χ0n) is 21.2. The number of hydrogen-bond donors (Lipinski definition) is 3. The number of amides is 3. The Labute approximate surface area is 209 Å². The SMILES string of the molecule is CNC[C@H](CC(C)(C)C)NC(=O)N1CCC[C@@H]([C@@H](OCCNC(=O)OC)c2cccc(Cl)c2)C1. The number of alkyl carbamates (subject to hydrolysis) is 1. The quantitative estimate of drug-likeness (QED) is 0.422. The lowest BCUT2D eigenvalue weighted by atomic mass is 9.87. The normalized spacial score (nSPS) is 18.2. The van der Waals surface area contributed by atoms with Gasteiger partial charge in [-0.25, -0.2) is 9.59 Å². The van der Waals surface area contributed by atoms with Crippen molar-refractivity contribution in [2.45, 2.75) is 52.2 Å². The Morgan fingerprint density at radius 1 is 1.29 bits per heavy atom. The van der Waals surface area contributed by atoms with Gasteiger partial charge in [0.25, 0.3) is 0 Å².